The van der Waals surface area contributed by atoms with Gasteiger partial charge in [0.25, 0.3) is 0 Å². The highest BCUT2D eigenvalue weighted by molar-refractivity contribution is 5.53. The molecule has 0 saturated carbocycles. The van der Waals surface area contributed by atoms with Crippen molar-refractivity contribution in [2.75, 3.05) is 24.6 Å². The van der Waals surface area contributed by atoms with Crippen molar-refractivity contribution in [3.8, 4) is 5.75 Å². The third kappa shape index (κ3) is 2.77. The molecular formula is C18H21N3O2. The number of nitrogens with zero attached hydrogens (tertiary/aromatic N) is 3. The second-order valence-corrected chi connectivity index (χ2v) is 6.04. The van der Waals surface area contributed by atoms with Gasteiger partial charge in [0.15, 0.2) is 0 Å². The smallest absolute Gasteiger partial charge is 0.136 e. The Kier molecular flexibility index (Phi) is 3.87. The summed E-state index contributed by atoms with van der Waals surface area (Å²) in [7, 11) is 0. The number of benzene rings is 1. The van der Waals surface area contributed by atoms with Gasteiger partial charge in [0.05, 0.1) is 18.4 Å². The maximum Gasteiger partial charge on any atom is 0.136 e. The lowest BCUT2D eigenvalue weighted by Gasteiger charge is -2.34. The molecule has 0 N–H and O–H groups in total. The molecule has 0 amide bonds. The van der Waals surface area contributed by atoms with Crippen molar-refractivity contribution >= 4 is 5.82 Å². The molecule has 2 aliphatic rings. The fourth-order valence-electron chi connectivity index (χ4n) is 3.30. The number of hydrogen-bond donors (Lipinski definition) is 0. The van der Waals surface area contributed by atoms with Crippen molar-refractivity contribution in [3.05, 3.63) is 47.4 Å². The largest absolute Gasteiger partial charge is 0.487 e. The molecule has 1 unspecified atom stereocenters. The third-order valence-electron chi connectivity index (χ3n) is 4.61. The molecule has 5 heteroatoms. The first-order valence-corrected chi connectivity index (χ1v) is 8.25. The van der Waals surface area contributed by atoms with Crippen LogP contribution in [0.2, 0.25) is 0 Å². The molecule has 3 heterocycles. The van der Waals surface area contributed by atoms with Crippen LogP contribution in [-0.2, 0) is 17.8 Å². The zero-order valence-corrected chi connectivity index (χ0v) is 13.4. The second-order valence-electron chi connectivity index (χ2n) is 6.04. The fraction of sp³-hybridized carbons (Fsp3) is 0.444. The Labute approximate surface area is 136 Å². The standard InChI is InChI=1S/C18H21N3O2/c1-2-14-10-21(7-8-22-14)18-15-9-13-5-3-4-6-17(13)23-11-16(15)19-12-20-18/h3-6,12,14H,2,7-11H2,1H3. The number of rotatable bonds is 2. The molecule has 4 rings (SSSR count). The van der Waals surface area contributed by atoms with Gasteiger partial charge in [-0.05, 0) is 18.1 Å². The van der Waals surface area contributed by atoms with Crippen molar-refractivity contribution in [2.45, 2.75) is 32.5 Å². The number of fused-ring (bicyclic) bond motifs is 2. The molecule has 5 nitrogen and oxygen atoms in total. The highest BCUT2D eigenvalue weighted by Gasteiger charge is 2.25. The van der Waals surface area contributed by atoms with Crippen molar-refractivity contribution in [1.29, 1.82) is 0 Å². The first-order chi connectivity index (χ1) is 11.3. The minimum Gasteiger partial charge on any atom is -0.487 e. The van der Waals surface area contributed by atoms with Crippen molar-refractivity contribution in [3.63, 3.8) is 0 Å². The summed E-state index contributed by atoms with van der Waals surface area (Å²) in [6.07, 6.45) is 3.78. The van der Waals surface area contributed by atoms with Gasteiger partial charge in [0.2, 0.25) is 0 Å². The lowest BCUT2D eigenvalue weighted by molar-refractivity contribution is 0.0381. The molecule has 0 radical (unpaired) electrons. The first-order valence-electron chi connectivity index (χ1n) is 8.25. The minimum absolute atomic E-state index is 0.281. The average Bonchev–Trinajstić information content (AvgIpc) is 2.81. The van der Waals surface area contributed by atoms with E-state index < -0.39 is 0 Å². The predicted molar refractivity (Wildman–Crippen MR) is 87.9 cm³/mol. The maximum atomic E-state index is 5.93. The Balaban J connectivity index is 1.71. The van der Waals surface area contributed by atoms with E-state index in [-0.39, 0.29) is 6.10 Å². The molecule has 0 bridgehead atoms. The van der Waals surface area contributed by atoms with Crippen LogP contribution in [0, 0.1) is 0 Å². The van der Waals surface area contributed by atoms with Gasteiger partial charge in [-0.25, -0.2) is 9.97 Å². The molecule has 1 aromatic heterocycles. The molecule has 1 atom stereocenters. The van der Waals surface area contributed by atoms with E-state index >= 15 is 0 Å². The topological polar surface area (TPSA) is 47.5 Å². The number of aromatic nitrogens is 2. The first kappa shape index (κ1) is 14.5. The van der Waals surface area contributed by atoms with Gasteiger partial charge in [-0.15, -0.1) is 0 Å². The van der Waals surface area contributed by atoms with Crippen LogP contribution in [0.3, 0.4) is 0 Å². The number of ether oxygens (including phenoxy) is 2. The van der Waals surface area contributed by atoms with Gasteiger partial charge in [-0.3, -0.25) is 0 Å². The normalized spacial score (nSPS) is 20.2. The van der Waals surface area contributed by atoms with Crippen LogP contribution in [-0.4, -0.2) is 35.8 Å². The number of para-hydroxylation sites is 1. The molecule has 1 aromatic carbocycles. The molecule has 23 heavy (non-hydrogen) atoms. The Hall–Kier alpha value is -2.14. The molecule has 0 aliphatic carbocycles. The van der Waals surface area contributed by atoms with Gasteiger partial charge in [-0.2, -0.15) is 0 Å². The summed E-state index contributed by atoms with van der Waals surface area (Å²) in [5.74, 6) is 1.99. The molecule has 0 spiro atoms. The summed E-state index contributed by atoms with van der Waals surface area (Å²) < 4.78 is 11.7. The highest BCUT2D eigenvalue weighted by atomic mass is 16.5. The molecule has 1 fully saturated rings. The minimum atomic E-state index is 0.281. The van der Waals surface area contributed by atoms with E-state index in [2.05, 4.69) is 33.9 Å². The molecule has 120 valence electrons. The monoisotopic (exact) mass is 311 g/mol. The highest BCUT2D eigenvalue weighted by Crippen LogP contribution is 2.32. The SMILES string of the molecule is CCC1CN(c2ncnc3c2Cc2ccccc2OC3)CCO1. The third-order valence-corrected chi connectivity index (χ3v) is 4.61. The summed E-state index contributed by atoms with van der Waals surface area (Å²) in [5, 5.41) is 0. The van der Waals surface area contributed by atoms with Crippen LogP contribution < -0.4 is 9.64 Å². The number of hydrogen-bond acceptors (Lipinski definition) is 5. The summed E-state index contributed by atoms with van der Waals surface area (Å²) in [6, 6.07) is 8.21. The Morgan fingerprint density at radius 1 is 1.26 bits per heavy atom. The van der Waals surface area contributed by atoms with Gasteiger partial charge < -0.3 is 14.4 Å². The maximum absolute atomic E-state index is 5.93. The van der Waals surface area contributed by atoms with Crippen molar-refractivity contribution in [1.82, 2.24) is 9.97 Å². The van der Waals surface area contributed by atoms with Gasteiger partial charge >= 0.3 is 0 Å². The molecule has 1 saturated heterocycles. The van der Waals surface area contributed by atoms with E-state index in [0.29, 0.717) is 6.61 Å². The van der Waals surface area contributed by atoms with Crippen LogP contribution in [0.15, 0.2) is 30.6 Å². The lowest BCUT2D eigenvalue weighted by Crippen LogP contribution is -2.43. The Bertz CT molecular complexity index is 704. The molecule has 2 aliphatic heterocycles. The summed E-state index contributed by atoms with van der Waals surface area (Å²) in [4.78, 5) is 11.4. The average molecular weight is 311 g/mol. The summed E-state index contributed by atoms with van der Waals surface area (Å²) in [5.41, 5.74) is 3.38. The number of anilines is 1. The van der Waals surface area contributed by atoms with E-state index in [1.807, 2.05) is 12.1 Å². The van der Waals surface area contributed by atoms with E-state index in [9.17, 15) is 0 Å². The fourth-order valence-corrected chi connectivity index (χ4v) is 3.30. The Morgan fingerprint density at radius 3 is 3.09 bits per heavy atom. The van der Waals surface area contributed by atoms with Gasteiger partial charge in [-0.1, -0.05) is 25.1 Å². The van der Waals surface area contributed by atoms with Gasteiger partial charge in [0.1, 0.15) is 24.5 Å². The summed E-state index contributed by atoms with van der Waals surface area (Å²) in [6.45, 7) is 5.19. The quantitative estimate of drug-likeness (QED) is 0.853. The van der Waals surface area contributed by atoms with Crippen molar-refractivity contribution < 1.29 is 9.47 Å². The zero-order valence-electron chi connectivity index (χ0n) is 13.4. The predicted octanol–water partition coefficient (Wildman–Crippen LogP) is 2.58. The Morgan fingerprint density at radius 2 is 2.17 bits per heavy atom. The van der Waals surface area contributed by atoms with Crippen LogP contribution in [0.25, 0.3) is 0 Å². The van der Waals surface area contributed by atoms with Crippen molar-refractivity contribution in [2.24, 2.45) is 0 Å². The van der Waals surface area contributed by atoms with E-state index in [1.165, 1.54) is 11.1 Å². The van der Waals surface area contributed by atoms with E-state index in [0.717, 1.165) is 49.8 Å². The summed E-state index contributed by atoms with van der Waals surface area (Å²) >= 11 is 0. The van der Waals surface area contributed by atoms with Crippen LogP contribution in [0.1, 0.15) is 30.2 Å². The zero-order chi connectivity index (χ0) is 15.6. The lowest BCUT2D eigenvalue weighted by atomic mass is 10.0. The van der Waals surface area contributed by atoms with E-state index in [4.69, 9.17) is 9.47 Å². The van der Waals surface area contributed by atoms with Crippen LogP contribution in [0.4, 0.5) is 5.82 Å². The molecular weight excluding hydrogens is 290 g/mol. The number of morpholine rings is 1. The van der Waals surface area contributed by atoms with Crippen LogP contribution >= 0.6 is 0 Å². The van der Waals surface area contributed by atoms with E-state index in [1.54, 1.807) is 6.33 Å². The van der Waals surface area contributed by atoms with Gasteiger partial charge in [0, 0.05) is 25.1 Å². The van der Waals surface area contributed by atoms with Crippen LogP contribution in [0.5, 0.6) is 5.75 Å². The molecule has 2 aromatic rings. The second kappa shape index (κ2) is 6.16.